The van der Waals surface area contributed by atoms with Crippen LogP contribution in [0.1, 0.15) is 41.2 Å². The van der Waals surface area contributed by atoms with Gasteiger partial charge in [-0.1, -0.05) is 49.3 Å². The van der Waals surface area contributed by atoms with E-state index in [0.717, 1.165) is 5.56 Å². The summed E-state index contributed by atoms with van der Waals surface area (Å²) in [5, 5.41) is 6.74. The van der Waals surface area contributed by atoms with E-state index in [1.165, 1.54) is 0 Å². The van der Waals surface area contributed by atoms with Crippen molar-refractivity contribution in [3.8, 4) is 5.75 Å². The summed E-state index contributed by atoms with van der Waals surface area (Å²) in [4.78, 5) is 27.3. The number of amides is 2. The van der Waals surface area contributed by atoms with Crippen molar-refractivity contribution in [3.63, 3.8) is 0 Å². The van der Waals surface area contributed by atoms with E-state index < -0.39 is 0 Å². The summed E-state index contributed by atoms with van der Waals surface area (Å²) in [5.41, 5.74) is 8.29. The van der Waals surface area contributed by atoms with Crippen LogP contribution < -0.4 is 15.8 Å². The standard InChI is InChI=1S/C26H32N4O4/c1-18-24(19(2)34-29-18)25(32)30(17-26(3,4)16-27)14-20-10-12-21(13-11-20)28-23(31)15-33-22-8-6-5-7-9-22/h5-13H,14-17,27H2,1-4H3,(H,28,31). The molecule has 3 N–H and O–H groups in total. The summed E-state index contributed by atoms with van der Waals surface area (Å²) in [6, 6.07) is 16.6. The molecule has 8 nitrogen and oxygen atoms in total. The Morgan fingerprint density at radius 1 is 1.09 bits per heavy atom. The molecule has 3 aromatic rings. The van der Waals surface area contributed by atoms with Crippen LogP contribution in [0, 0.1) is 19.3 Å². The minimum atomic E-state index is -0.263. The minimum absolute atomic E-state index is 0.0837. The highest BCUT2D eigenvalue weighted by Crippen LogP contribution is 2.23. The Morgan fingerprint density at radius 2 is 1.76 bits per heavy atom. The normalized spacial score (nSPS) is 11.2. The third kappa shape index (κ3) is 6.68. The lowest BCUT2D eigenvalue weighted by molar-refractivity contribution is -0.118. The average Bonchev–Trinajstić information content (AvgIpc) is 3.16. The Morgan fingerprint density at radius 3 is 2.35 bits per heavy atom. The number of hydrogen-bond donors (Lipinski definition) is 2. The van der Waals surface area contributed by atoms with Gasteiger partial charge in [0, 0.05) is 18.8 Å². The van der Waals surface area contributed by atoms with E-state index in [9.17, 15) is 9.59 Å². The number of nitrogens with two attached hydrogens (primary N) is 1. The van der Waals surface area contributed by atoms with Gasteiger partial charge in [0.1, 0.15) is 17.1 Å². The van der Waals surface area contributed by atoms with Crippen LogP contribution in [-0.4, -0.2) is 41.6 Å². The molecule has 0 atom stereocenters. The smallest absolute Gasteiger partial charge is 0.262 e. The molecule has 8 heteroatoms. The van der Waals surface area contributed by atoms with Crippen molar-refractivity contribution in [3.05, 3.63) is 77.2 Å². The molecule has 0 radical (unpaired) electrons. The molecule has 1 aromatic heterocycles. The Kier molecular flexibility index (Phi) is 8.07. The molecule has 2 amide bonds. The first kappa shape index (κ1) is 25.0. The lowest BCUT2D eigenvalue weighted by Crippen LogP contribution is -2.42. The van der Waals surface area contributed by atoms with Crippen molar-refractivity contribution in [1.29, 1.82) is 0 Å². The van der Waals surface area contributed by atoms with Crippen molar-refractivity contribution < 1.29 is 18.8 Å². The molecule has 0 bridgehead atoms. The molecule has 0 aliphatic carbocycles. The topological polar surface area (TPSA) is 111 Å². The number of aromatic nitrogens is 1. The largest absolute Gasteiger partial charge is 0.484 e. The number of anilines is 1. The Labute approximate surface area is 200 Å². The molecular weight excluding hydrogens is 432 g/mol. The number of carbonyl (C=O) groups excluding carboxylic acids is 2. The van der Waals surface area contributed by atoms with Gasteiger partial charge in [0.05, 0.1) is 5.69 Å². The molecule has 0 aliphatic heterocycles. The predicted octanol–water partition coefficient (Wildman–Crippen LogP) is 3.94. The molecule has 34 heavy (non-hydrogen) atoms. The van der Waals surface area contributed by atoms with E-state index in [1.54, 1.807) is 30.9 Å². The molecule has 2 aromatic carbocycles. The maximum atomic E-state index is 13.4. The van der Waals surface area contributed by atoms with Crippen LogP contribution in [0.15, 0.2) is 59.1 Å². The van der Waals surface area contributed by atoms with Crippen molar-refractivity contribution in [2.24, 2.45) is 11.1 Å². The van der Waals surface area contributed by atoms with Crippen molar-refractivity contribution in [2.45, 2.75) is 34.2 Å². The van der Waals surface area contributed by atoms with E-state index in [-0.39, 0.29) is 23.8 Å². The van der Waals surface area contributed by atoms with Gasteiger partial charge in [0.2, 0.25) is 0 Å². The fraction of sp³-hybridized carbons (Fsp3) is 0.346. The molecule has 3 rings (SSSR count). The number of ether oxygens (including phenoxy) is 1. The first-order valence-corrected chi connectivity index (χ1v) is 11.2. The molecule has 0 unspecified atom stereocenters. The van der Waals surface area contributed by atoms with Crippen LogP contribution in [0.25, 0.3) is 0 Å². The van der Waals surface area contributed by atoms with Gasteiger partial charge in [0.25, 0.3) is 11.8 Å². The third-order valence-electron chi connectivity index (χ3n) is 5.43. The van der Waals surface area contributed by atoms with Crippen LogP contribution in [-0.2, 0) is 11.3 Å². The van der Waals surface area contributed by atoms with E-state index in [2.05, 4.69) is 10.5 Å². The number of hydrogen-bond acceptors (Lipinski definition) is 6. The molecular formula is C26H32N4O4. The van der Waals surface area contributed by atoms with E-state index in [0.29, 0.717) is 48.1 Å². The predicted molar refractivity (Wildman–Crippen MR) is 131 cm³/mol. The minimum Gasteiger partial charge on any atom is -0.484 e. The maximum absolute atomic E-state index is 13.4. The Hall–Kier alpha value is -3.65. The van der Waals surface area contributed by atoms with Gasteiger partial charge in [-0.3, -0.25) is 9.59 Å². The molecule has 180 valence electrons. The Balaban J connectivity index is 1.67. The van der Waals surface area contributed by atoms with E-state index in [1.807, 2.05) is 56.3 Å². The lowest BCUT2D eigenvalue weighted by atomic mass is 9.92. The molecule has 0 fully saturated rings. The zero-order valence-electron chi connectivity index (χ0n) is 20.1. The molecule has 0 spiro atoms. The van der Waals surface area contributed by atoms with Gasteiger partial charge < -0.3 is 25.2 Å². The molecule has 0 saturated heterocycles. The number of nitrogens with zero attached hydrogens (tertiary/aromatic N) is 2. The average molecular weight is 465 g/mol. The van der Waals surface area contributed by atoms with Crippen LogP contribution in [0.3, 0.4) is 0 Å². The van der Waals surface area contributed by atoms with Crippen LogP contribution in [0.2, 0.25) is 0 Å². The van der Waals surface area contributed by atoms with Crippen molar-refractivity contribution in [2.75, 3.05) is 25.0 Å². The van der Waals surface area contributed by atoms with Gasteiger partial charge >= 0.3 is 0 Å². The van der Waals surface area contributed by atoms with Crippen LogP contribution >= 0.6 is 0 Å². The first-order chi connectivity index (χ1) is 16.2. The zero-order chi connectivity index (χ0) is 24.7. The second kappa shape index (κ2) is 11.0. The maximum Gasteiger partial charge on any atom is 0.262 e. The first-order valence-electron chi connectivity index (χ1n) is 11.2. The molecule has 0 aliphatic rings. The summed E-state index contributed by atoms with van der Waals surface area (Å²) >= 11 is 0. The second-order valence-electron chi connectivity index (χ2n) is 9.08. The van der Waals surface area contributed by atoms with Crippen LogP contribution in [0.4, 0.5) is 5.69 Å². The summed E-state index contributed by atoms with van der Waals surface area (Å²) < 4.78 is 10.7. The monoisotopic (exact) mass is 464 g/mol. The number of carbonyl (C=O) groups is 2. The highest BCUT2D eigenvalue weighted by molar-refractivity contribution is 5.96. The van der Waals surface area contributed by atoms with Crippen molar-refractivity contribution in [1.82, 2.24) is 10.1 Å². The van der Waals surface area contributed by atoms with Gasteiger partial charge in [-0.2, -0.15) is 0 Å². The highest BCUT2D eigenvalue weighted by Gasteiger charge is 2.28. The zero-order valence-corrected chi connectivity index (χ0v) is 20.1. The summed E-state index contributed by atoms with van der Waals surface area (Å²) in [7, 11) is 0. The van der Waals surface area contributed by atoms with Gasteiger partial charge in [-0.15, -0.1) is 0 Å². The van der Waals surface area contributed by atoms with Gasteiger partial charge in [0.15, 0.2) is 6.61 Å². The van der Waals surface area contributed by atoms with Crippen LogP contribution in [0.5, 0.6) is 5.75 Å². The number of rotatable bonds is 10. The fourth-order valence-corrected chi connectivity index (χ4v) is 3.50. The summed E-state index contributed by atoms with van der Waals surface area (Å²) in [5.74, 6) is 0.731. The molecule has 1 heterocycles. The van der Waals surface area contributed by atoms with E-state index >= 15 is 0 Å². The van der Waals surface area contributed by atoms with E-state index in [4.69, 9.17) is 15.0 Å². The quantitative estimate of drug-likeness (QED) is 0.470. The number of nitrogens with one attached hydrogen (secondary N) is 1. The highest BCUT2D eigenvalue weighted by atomic mass is 16.5. The summed E-state index contributed by atoms with van der Waals surface area (Å²) in [6.07, 6.45) is 0. The number of aryl methyl sites for hydroxylation is 2. The third-order valence-corrected chi connectivity index (χ3v) is 5.43. The number of benzene rings is 2. The SMILES string of the molecule is Cc1noc(C)c1C(=O)N(Cc1ccc(NC(=O)COc2ccccc2)cc1)CC(C)(C)CN. The Bertz CT molecular complexity index is 1090. The summed E-state index contributed by atoms with van der Waals surface area (Å²) in [6.45, 7) is 8.76. The lowest BCUT2D eigenvalue weighted by Gasteiger charge is -2.32. The van der Waals surface area contributed by atoms with Crippen molar-refractivity contribution >= 4 is 17.5 Å². The van der Waals surface area contributed by atoms with Gasteiger partial charge in [-0.25, -0.2) is 0 Å². The second-order valence-corrected chi connectivity index (χ2v) is 9.08. The number of para-hydroxylation sites is 1. The van der Waals surface area contributed by atoms with Gasteiger partial charge in [-0.05, 0) is 55.6 Å². The fourth-order valence-electron chi connectivity index (χ4n) is 3.50. The molecule has 0 saturated carbocycles.